The zero-order valence-corrected chi connectivity index (χ0v) is 21.7. The van der Waals surface area contributed by atoms with E-state index in [4.69, 9.17) is 0 Å². The number of pyridine rings is 1. The topological polar surface area (TPSA) is 7.12 Å². The average Bonchev–Trinajstić information content (AvgIpc) is 3.51. The van der Waals surface area contributed by atoms with Crippen molar-refractivity contribution in [2.45, 2.75) is 37.8 Å². The molecule has 8 rings (SSSR count). The van der Waals surface area contributed by atoms with Gasteiger partial charge in [0.1, 0.15) is 0 Å². The second-order valence-corrected chi connectivity index (χ2v) is 11.3. The predicted octanol–water partition coefficient (Wildman–Crippen LogP) is 7.74. The molecule has 0 radical (unpaired) electrons. The summed E-state index contributed by atoms with van der Waals surface area (Å²) >= 11 is 0. The third kappa shape index (κ3) is 3.36. The summed E-state index contributed by atoms with van der Waals surface area (Å²) in [6.45, 7) is 0. The molecule has 5 atom stereocenters. The van der Waals surface area contributed by atoms with E-state index < -0.39 is 0 Å². The first kappa shape index (κ1) is 22.1. The maximum atomic E-state index is 2.55. The number of benzene rings is 1. The van der Waals surface area contributed by atoms with E-state index in [1.165, 1.54) is 47.3 Å². The molecule has 0 bridgehead atoms. The summed E-state index contributed by atoms with van der Waals surface area (Å²) in [6, 6.07) is 14.6. The van der Waals surface area contributed by atoms with Crippen molar-refractivity contribution in [1.82, 2.24) is 0 Å². The molecule has 0 saturated carbocycles. The molecule has 0 fully saturated rings. The molecule has 2 heterocycles. The fraction of sp³-hybridized carbons (Fsp3) is 0.250. The molecule has 2 heteroatoms. The van der Waals surface area contributed by atoms with Gasteiger partial charge in [0, 0.05) is 40.9 Å². The standard InChI is InChI=1S/C36H33N2/c1-3-13-32-28(9-1)29-10-2-4-14-33(29)36(32)37-23-21-26(22-24-37)25-17-19-27(20-18-25)38-34-15-7-5-11-30(34)31-12-6-8-16-35(31)38/h1,3-5,7-9,11,13-24,28,30,32,34,36H,2,6,10,12H2/q+1. The van der Waals surface area contributed by atoms with E-state index >= 15 is 0 Å². The van der Waals surface area contributed by atoms with Gasteiger partial charge in [-0.15, -0.1) is 0 Å². The van der Waals surface area contributed by atoms with Crippen molar-refractivity contribution in [3.8, 4) is 11.1 Å². The van der Waals surface area contributed by atoms with Gasteiger partial charge in [0.2, 0.25) is 0 Å². The fourth-order valence-electron chi connectivity index (χ4n) is 7.70. The Bertz CT molecular complexity index is 1400. The van der Waals surface area contributed by atoms with Crippen molar-refractivity contribution in [1.29, 1.82) is 0 Å². The molecule has 1 aromatic carbocycles. The lowest BCUT2D eigenvalue weighted by atomic mass is 9.84. The number of anilines is 1. The van der Waals surface area contributed by atoms with Crippen LogP contribution in [0.1, 0.15) is 31.7 Å². The smallest absolute Gasteiger partial charge is 0.190 e. The summed E-state index contributed by atoms with van der Waals surface area (Å²) in [5.74, 6) is 1.58. The SMILES string of the molecule is C1=CC2C3=C(C=CCC3)C([n+]3ccc(-c4ccc(N5C6=C(CCC=C6)C6C=CC=CC65)cc4)cc3)C2C=C1. The van der Waals surface area contributed by atoms with E-state index in [1.54, 1.807) is 11.1 Å². The normalized spacial score (nSPS) is 30.1. The van der Waals surface area contributed by atoms with Crippen LogP contribution in [-0.2, 0) is 0 Å². The molecule has 2 nitrogen and oxygen atoms in total. The van der Waals surface area contributed by atoms with Crippen LogP contribution in [0.3, 0.4) is 0 Å². The summed E-state index contributed by atoms with van der Waals surface area (Å²) in [4.78, 5) is 2.55. The Balaban J connectivity index is 1.08. The van der Waals surface area contributed by atoms with Crippen LogP contribution in [0.15, 0.2) is 144 Å². The summed E-state index contributed by atoms with van der Waals surface area (Å²) in [5.41, 5.74) is 10.0. The van der Waals surface area contributed by atoms with E-state index in [2.05, 4.69) is 131 Å². The van der Waals surface area contributed by atoms with Crippen LogP contribution in [-0.4, -0.2) is 6.04 Å². The predicted molar refractivity (Wildman–Crippen MR) is 155 cm³/mol. The van der Waals surface area contributed by atoms with Gasteiger partial charge in [-0.25, -0.2) is 0 Å². The number of nitrogens with zero attached hydrogens (tertiary/aromatic N) is 2. The molecule has 1 aromatic heterocycles. The highest BCUT2D eigenvalue weighted by Gasteiger charge is 2.45. The molecule has 0 N–H and O–H groups in total. The van der Waals surface area contributed by atoms with Gasteiger partial charge in [0.15, 0.2) is 18.4 Å². The van der Waals surface area contributed by atoms with E-state index in [-0.39, 0.29) is 0 Å². The monoisotopic (exact) mass is 493 g/mol. The molecule has 38 heavy (non-hydrogen) atoms. The van der Waals surface area contributed by atoms with Crippen LogP contribution in [0.2, 0.25) is 0 Å². The quantitative estimate of drug-likeness (QED) is 0.397. The maximum Gasteiger partial charge on any atom is 0.190 e. The Hall–Kier alpha value is -3.91. The Kier molecular flexibility index (Phi) is 5.14. The number of allylic oxidation sites excluding steroid dienone is 12. The Morgan fingerprint density at radius 2 is 1.34 bits per heavy atom. The molecule has 2 aromatic rings. The Labute approximate surface area is 225 Å². The molecular weight excluding hydrogens is 460 g/mol. The second-order valence-electron chi connectivity index (χ2n) is 11.3. The van der Waals surface area contributed by atoms with Crippen molar-refractivity contribution < 1.29 is 4.57 Å². The van der Waals surface area contributed by atoms with Crippen molar-refractivity contribution in [3.05, 3.63) is 144 Å². The minimum atomic E-state index is 0.385. The van der Waals surface area contributed by atoms with Crippen molar-refractivity contribution >= 4 is 5.69 Å². The first-order valence-electron chi connectivity index (χ1n) is 14.3. The van der Waals surface area contributed by atoms with Crippen LogP contribution < -0.4 is 9.47 Å². The van der Waals surface area contributed by atoms with Crippen LogP contribution in [0, 0.1) is 17.8 Å². The number of hydrogen-bond acceptors (Lipinski definition) is 1. The molecule has 6 aliphatic rings. The van der Waals surface area contributed by atoms with Gasteiger partial charge in [0.25, 0.3) is 0 Å². The van der Waals surface area contributed by atoms with Crippen LogP contribution in [0.4, 0.5) is 5.69 Å². The summed E-state index contributed by atoms with van der Waals surface area (Å²) in [6.07, 6.45) is 37.2. The van der Waals surface area contributed by atoms with Gasteiger partial charge in [0.05, 0.1) is 12.0 Å². The van der Waals surface area contributed by atoms with Crippen LogP contribution in [0.25, 0.3) is 11.1 Å². The summed E-state index contributed by atoms with van der Waals surface area (Å²) in [5, 5.41) is 0. The Morgan fingerprint density at radius 3 is 2.18 bits per heavy atom. The molecule has 0 amide bonds. The third-order valence-electron chi connectivity index (χ3n) is 9.42. The molecular formula is C36H33N2+. The van der Waals surface area contributed by atoms with Crippen molar-refractivity contribution in [3.63, 3.8) is 0 Å². The molecule has 186 valence electrons. The zero-order chi connectivity index (χ0) is 25.1. The zero-order valence-electron chi connectivity index (χ0n) is 21.7. The van der Waals surface area contributed by atoms with E-state index in [1.807, 2.05) is 0 Å². The highest BCUT2D eigenvalue weighted by molar-refractivity contribution is 5.70. The van der Waals surface area contributed by atoms with Crippen LogP contribution in [0.5, 0.6) is 0 Å². The number of fused-ring (bicyclic) bond motifs is 4. The summed E-state index contributed by atoms with van der Waals surface area (Å²) in [7, 11) is 0. The van der Waals surface area contributed by atoms with E-state index in [0.29, 0.717) is 29.8 Å². The third-order valence-corrected chi connectivity index (χ3v) is 9.42. The van der Waals surface area contributed by atoms with Gasteiger partial charge in [-0.3, -0.25) is 0 Å². The number of rotatable bonds is 3. The van der Waals surface area contributed by atoms with Gasteiger partial charge in [-0.2, -0.15) is 4.57 Å². The first-order valence-corrected chi connectivity index (χ1v) is 14.3. The van der Waals surface area contributed by atoms with Crippen molar-refractivity contribution in [2.75, 3.05) is 4.90 Å². The maximum absolute atomic E-state index is 2.55. The van der Waals surface area contributed by atoms with E-state index in [9.17, 15) is 0 Å². The van der Waals surface area contributed by atoms with E-state index in [0.717, 1.165) is 6.42 Å². The highest BCUT2D eigenvalue weighted by atomic mass is 15.2. The minimum Gasteiger partial charge on any atom is -0.334 e. The molecule has 5 unspecified atom stereocenters. The van der Waals surface area contributed by atoms with Gasteiger partial charge in [-0.05, 0) is 60.6 Å². The largest absolute Gasteiger partial charge is 0.334 e. The van der Waals surface area contributed by atoms with Crippen LogP contribution >= 0.6 is 0 Å². The second kappa shape index (κ2) is 8.84. The lowest BCUT2D eigenvalue weighted by Crippen LogP contribution is -2.42. The Morgan fingerprint density at radius 1 is 0.658 bits per heavy atom. The van der Waals surface area contributed by atoms with Gasteiger partial charge < -0.3 is 4.90 Å². The number of aromatic nitrogens is 1. The average molecular weight is 494 g/mol. The molecule has 1 aliphatic heterocycles. The number of hydrogen-bond donors (Lipinski definition) is 0. The molecule has 0 saturated heterocycles. The first-order chi connectivity index (χ1) is 18.9. The highest BCUT2D eigenvalue weighted by Crippen LogP contribution is 2.49. The fourth-order valence-corrected chi connectivity index (χ4v) is 7.70. The van der Waals surface area contributed by atoms with Gasteiger partial charge >= 0.3 is 0 Å². The lowest BCUT2D eigenvalue weighted by molar-refractivity contribution is -0.718. The lowest BCUT2D eigenvalue weighted by Gasteiger charge is -2.30. The molecule has 0 spiro atoms. The summed E-state index contributed by atoms with van der Waals surface area (Å²) < 4.78 is 2.44. The van der Waals surface area contributed by atoms with Gasteiger partial charge in [-0.1, -0.05) is 84.5 Å². The van der Waals surface area contributed by atoms with Crippen molar-refractivity contribution in [2.24, 2.45) is 17.8 Å². The molecule has 5 aliphatic carbocycles. The minimum absolute atomic E-state index is 0.385.